The van der Waals surface area contributed by atoms with Gasteiger partial charge in [0.15, 0.2) is 0 Å². The maximum absolute atomic E-state index is 10.6. The first-order chi connectivity index (χ1) is 6.19. The number of benzene rings is 1. The monoisotopic (exact) mass is 198 g/mol. The van der Waals surface area contributed by atoms with Crippen molar-refractivity contribution in [1.82, 2.24) is 0 Å². The van der Waals surface area contributed by atoms with Gasteiger partial charge in [0.25, 0.3) is 0 Å². The van der Waals surface area contributed by atoms with Crippen LogP contribution >= 0.6 is 11.6 Å². The second kappa shape index (κ2) is 4.28. The molecular weight excluding hydrogens is 188 g/mol. The van der Waals surface area contributed by atoms with E-state index in [0.29, 0.717) is 10.8 Å². The van der Waals surface area contributed by atoms with Crippen LogP contribution in [0.2, 0.25) is 5.02 Å². The topological polar surface area (TPSA) is 26.3 Å². The number of rotatable bonds is 3. The lowest BCUT2D eigenvalue weighted by atomic mass is 10.0. The van der Waals surface area contributed by atoms with E-state index in [0.717, 1.165) is 11.8 Å². The van der Waals surface area contributed by atoms with Gasteiger partial charge in [0.1, 0.15) is 12.0 Å². The highest BCUT2D eigenvalue weighted by atomic mass is 35.5. The zero-order valence-electron chi connectivity index (χ0n) is 7.58. The average Bonchev–Trinajstić information content (AvgIpc) is 2.16. The highest BCUT2D eigenvalue weighted by Crippen LogP contribution is 2.28. The summed E-state index contributed by atoms with van der Waals surface area (Å²) in [5, 5.41) is 0.610. The summed E-state index contributed by atoms with van der Waals surface area (Å²) in [5.74, 6) is 0.499. The lowest BCUT2D eigenvalue weighted by Crippen LogP contribution is -1.98. The number of methoxy groups -OCH3 is 1. The third-order valence-electron chi connectivity index (χ3n) is 1.89. The van der Waals surface area contributed by atoms with Gasteiger partial charge in [0.2, 0.25) is 0 Å². The molecule has 70 valence electrons. The molecule has 0 saturated carbocycles. The summed E-state index contributed by atoms with van der Waals surface area (Å²) in [6.45, 7) is 1.82. The molecule has 0 radical (unpaired) electrons. The Morgan fingerprint density at radius 2 is 2.23 bits per heavy atom. The maximum Gasteiger partial charge on any atom is 0.127 e. The number of ether oxygens (including phenoxy) is 1. The molecule has 0 aromatic heterocycles. The molecule has 0 saturated heterocycles. The molecule has 0 aliphatic heterocycles. The van der Waals surface area contributed by atoms with E-state index >= 15 is 0 Å². The van der Waals surface area contributed by atoms with E-state index < -0.39 is 0 Å². The van der Waals surface area contributed by atoms with Crippen molar-refractivity contribution in [3.63, 3.8) is 0 Å². The summed E-state index contributed by atoms with van der Waals surface area (Å²) in [6, 6.07) is 5.26. The number of carbonyl (C=O) groups is 1. The minimum atomic E-state index is -0.160. The lowest BCUT2D eigenvalue weighted by Gasteiger charge is -2.10. The summed E-state index contributed by atoms with van der Waals surface area (Å²) in [5.41, 5.74) is 0.863. The highest BCUT2D eigenvalue weighted by molar-refractivity contribution is 6.30. The highest BCUT2D eigenvalue weighted by Gasteiger charge is 2.10. The van der Waals surface area contributed by atoms with Gasteiger partial charge in [-0.3, -0.25) is 0 Å². The van der Waals surface area contributed by atoms with Crippen LogP contribution < -0.4 is 4.74 Å². The molecule has 0 bridgehead atoms. The van der Waals surface area contributed by atoms with Gasteiger partial charge in [-0.05, 0) is 12.1 Å². The van der Waals surface area contributed by atoms with Crippen molar-refractivity contribution in [1.29, 1.82) is 0 Å². The zero-order chi connectivity index (χ0) is 9.84. The van der Waals surface area contributed by atoms with E-state index in [9.17, 15) is 4.79 Å². The van der Waals surface area contributed by atoms with E-state index in [1.54, 1.807) is 25.3 Å². The first kappa shape index (κ1) is 10.1. The van der Waals surface area contributed by atoms with E-state index in [1.165, 1.54) is 0 Å². The first-order valence-corrected chi connectivity index (χ1v) is 4.35. The van der Waals surface area contributed by atoms with Crippen LogP contribution in [0.3, 0.4) is 0 Å². The zero-order valence-corrected chi connectivity index (χ0v) is 8.34. The minimum absolute atomic E-state index is 0.160. The van der Waals surface area contributed by atoms with Gasteiger partial charge < -0.3 is 9.53 Å². The molecule has 1 aromatic rings. The molecule has 0 N–H and O–H groups in total. The molecule has 0 spiro atoms. The Balaban J connectivity index is 3.12. The van der Waals surface area contributed by atoms with Crippen LogP contribution in [0.25, 0.3) is 0 Å². The smallest absolute Gasteiger partial charge is 0.127 e. The molecule has 13 heavy (non-hydrogen) atoms. The van der Waals surface area contributed by atoms with Crippen LogP contribution in [-0.2, 0) is 4.79 Å². The quantitative estimate of drug-likeness (QED) is 0.698. The number of aldehydes is 1. The Kier molecular flexibility index (Phi) is 3.32. The Hall–Kier alpha value is -1.02. The molecule has 0 aliphatic rings. The molecule has 1 aromatic carbocycles. The molecule has 1 atom stereocenters. The van der Waals surface area contributed by atoms with Gasteiger partial charge in [-0.1, -0.05) is 24.6 Å². The van der Waals surface area contributed by atoms with Gasteiger partial charge in [-0.25, -0.2) is 0 Å². The average molecular weight is 199 g/mol. The summed E-state index contributed by atoms with van der Waals surface area (Å²) in [6.07, 6.45) is 0.881. The van der Waals surface area contributed by atoms with Crippen LogP contribution in [0.4, 0.5) is 0 Å². The standard InChI is InChI=1S/C10H11ClO2/c1-7(6-12)9-4-3-8(11)5-10(9)13-2/h3-7H,1-2H3. The molecule has 2 nitrogen and oxygen atoms in total. The van der Waals surface area contributed by atoms with Crippen molar-refractivity contribution in [2.24, 2.45) is 0 Å². The van der Waals surface area contributed by atoms with Crippen molar-refractivity contribution < 1.29 is 9.53 Å². The van der Waals surface area contributed by atoms with E-state index in [1.807, 2.05) is 6.92 Å². The van der Waals surface area contributed by atoms with Gasteiger partial charge >= 0.3 is 0 Å². The fraction of sp³-hybridized carbons (Fsp3) is 0.300. The van der Waals surface area contributed by atoms with Crippen LogP contribution in [0, 0.1) is 0 Å². The van der Waals surface area contributed by atoms with Gasteiger partial charge in [0.05, 0.1) is 7.11 Å². The molecule has 3 heteroatoms. The summed E-state index contributed by atoms with van der Waals surface area (Å²) in [7, 11) is 1.56. The van der Waals surface area contributed by atoms with Gasteiger partial charge in [-0.15, -0.1) is 0 Å². The predicted molar refractivity (Wildman–Crippen MR) is 52.5 cm³/mol. The van der Waals surface area contributed by atoms with Crippen molar-refractivity contribution in [2.75, 3.05) is 7.11 Å². The third-order valence-corrected chi connectivity index (χ3v) is 2.13. The molecule has 0 aliphatic carbocycles. The van der Waals surface area contributed by atoms with Crippen molar-refractivity contribution in [2.45, 2.75) is 12.8 Å². The van der Waals surface area contributed by atoms with E-state index in [4.69, 9.17) is 16.3 Å². The van der Waals surface area contributed by atoms with Crippen LogP contribution in [0.15, 0.2) is 18.2 Å². The molecule has 0 fully saturated rings. The van der Waals surface area contributed by atoms with Gasteiger partial charge in [-0.2, -0.15) is 0 Å². The van der Waals surface area contributed by atoms with E-state index in [-0.39, 0.29) is 5.92 Å². The number of carbonyl (C=O) groups excluding carboxylic acids is 1. The Morgan fingerprint density at radius 3 is 2.77 bits per heavy atom. The predicted octanol–water partition coefficient (Wildman–Crippen LogP) is 2.65. The van der Waals surface area contributed by atoms with Gasteiger partial charge in [0, 0.05) is 16.5 Å². The fourth-order valence-corrected chi connectivity index (χ4v) is 1.30. The first-order valence-electron chi connectivity index (χ1n) is 3.97. The maximum atomic E-state index is 10.6. The number of halogens is 1. The summed E-state index contributed by atoms with van der Waals surface area (Å²) in [4.78, 5) is 10.6. The minimum Gasteiger partial charge on any atom is -0.496 e. The summed E-state index contributed by atoms with van der Waals surface area (Å²) >= 11 is 5.78. The molecule has 1 unspecified atom stereocenters. The normalized spacial score (nSPS) is 12.2. The molecule has 0 heterocycles. The lowest BCUT2D eigenvalue weighted by molar-refractivity contribution is -0.108. The van der Waals surface area contributed by atoms with Crippen LogP contribution in [0.1, 0.15) is 18.4 Å². The SMILES string of the molecule is COc1cc(Cl)ccc1C(C)C=O. The molecular formula is C10H11ClO2. The van der Waals surface area contributed by atoms with Crippen LogP contribution in [-0.4, -0.2) is 13.4 Å². The number of hydrogen-bond acceptors (Lipinski definition) is 2. The molecule has 1 rings (SSSR count). The van der Waals surface area contributed by atoms with Crippen LogP contribution in [0.5, 0.6) is 5.75 Å². The Morgan fingerprint density at radius 1 is 1.54 bits per heavy atom. The van der Waals surface area contributed by atoms with Crippen molar-refractivity contribution >= 4 is 17.9 Å². The fourth-order valence-electron chi connectivity index (χ4n) is 1.13. The second-order valence-corrected chi connectivity index (χ2v) is 3.25. The molecule has 0 amide bonds. The second-order valence-electron chi connectivity index (χ2n) is 2.81. The summed E-state index contributed by atoms with van der Waals surface area (Å²) < 4.78 is 5.11. The van der Waals surface area contributed by atoms with Crippen molar-refractivity contribution in [3.8, 4) is 5.75 Å². The van der Waals surface area contributed by atoms with Crippen molar-refractivity contribution in [3.05, 3.63) is 28.8 Å². The van der Waals surface area contributed by atoms with E-state index in [2.05, 4.69) is 0 Å². The largest absolute Gasteiger partial charge is 0.496 e. The number of hydrogen-bond donors (Lipinski definition) is 0. The Labute approximate surface area is 82.5 Å². The third kappa shape index (κ3) is 2.22. The Bertz CT molecular complexity index is 310.